The van der Waals surface area contributed by atoms with Gasteiger partial charge in [-0.3, -0.25) is 0 Å². The Bertz CT molecular complexity index is 515. The fourth-order valence-corrected chi connectivity index (χ4v) is 3.30. The van der Waals surface area contributed by atoms with Crippen LogP contribution in [0.25, 0.3) is 0 Å². The first-order valence-electron chi connectivity index (χ1n) is 7.50. The highest BCUT2D eigenvalue weighted by atomic mass is 32.2. The summed E-state index contributed by atoms with van der Waals surface area (Å²) >= 11 is 0. The quantitative estimate of drug-likeness (QED) is 0.815. The third-order valence-corrected chi connectivity index (χ3v) is 4.47. The molecule has 0 bridgehead atoms. The number of amides is 1. The van der Waals surface area contributed by atoms with Gasteiger partial charge in [-0.25, -0.2) is 4.79 Å². The lowest BCUT2D eigenvalue weighted by atomic mass is 10.1. The molecule has 0 spiro atoms. The summed E-state index contributed by atoms with van der Waals surface area (Å²) in [5.74, 6) is 0.613. The molecular weight excluding hydrogens is 298 g/mol. The van der Waals surface area contributed by atoms with E-state index < -0.39 is 6.09 Å². The number of aryl methyl sites for hydroxylation is 2. The number of carbonyl (C=O) groups excluding carboxylic acids is 1. The van der Waals surface area contributed by atoms with E-state index in [2.05, 4.69) is 23.9 Å². The van der Waals surface area contributed by atoms with Gasteiger partial charge in [-0.15, -0.1) is 0 Å². The van der Waals surface area contributed by atoms with E-state index in [0.29, 0.717) is 12.3 Å². The van der Waals surface area contributed by atoms with Crippen LogP contribution in [0.15, 0.2) is 17.0 Å². The van der Waals surface area contributed by atoms with Crippen molar-refractivity contribution in [2.75, 3.05) is 19.1 Å². The molecule has 1 unspecified atom stereocenters. The Labute approximate surface area is 136 Å². The third kappa shape index (κ3) is 5.89. The highest BCUT2D eigenvalue weighted by molar-refractivity contribution is 7.95. The van der Waals surface area contributed by atoms with Gasteiger partial charge in [0.25, 0.3) is 0 Å². The molecule has 22 heavy (non-hydrogen) atoms. The van der Waals surface area contributed by atoms with Crippen LogP contribution in [0, 0.1) is 13.8 Å². The van der Waals surface area contributed by atoms with Crippen molar-refractivity contribution in [1.82, 2.24) is 5.32 Å². The zero-order valence-corrected chi connectivity index (χ0v) is 15.5. The second kappa shape index (κ2) is 8.44. The molecule has 1 aromatic rings. The van der Waals surface area contributed by atoms with Gasteiger partial charge in [0, 0.05) is 29.1 Å². The minimum atomic E-state index is -0.443. The predicted octanol–water partition coefficient (Wildman–Crippen LogP) is 3.44. The number of benzene rings is 1. The number of ether oxygens (including phenoxy) is 2. The summed E-state index contributed by atoms with van der Waals surface area (Å²) in [4.78, 5) is 13.2. The molecule has 1 N–H and O–H groups in total. The Morgan fingerprint density at radius 2 is 1.82 bits per heavy atom. The molecule has 0 radical (unpaired) electrons. The molecule has 0 aliphatic rings. The summed E-state index contributed by atoms with van der Waals surface area (Å²) in [6.07, 6.45) is 4.03. The van der Waals surface area contributed by atoms with E-state index in [1.807, 2.05) is 40.7 Å². The van der Waals surface area contributed by atoms with Gasteiger partial charge in [0.2, 0.25) is 0 Å². The summed E-state index contributed by atoms with van der Waals surface area (Å²) in [5, 5.41) is 2.74. The topological polar surface area (TPSA) is 47.6 Å². The van der Waals surface area contributed by atoms with Gasteiger partial charge < -0.3 is 14.8 Å². The number of carbonyl (C=O) groups is 1. The summed E-state index contributed by atoms with van der Waals surface area (Å²) < 4.78 is 11.0. The normalized spacial score (nSPS) is 12.6. The van der Waals surface area contributed by atoms with Crippen LogP contribution in [0.1, 0.15) is 31.9 Å². The van der Waals surface area contributed by atoms with Crippen LogP contribution in [0.4, 0.5) is 4.79 Å². The summed E-state index contributed by atoms with van der Waals surface area (Å²) in [7, 11) is 0.190. The molecule has 5 heteroatoms. The van der Waals surface area contributed by atoms with Crippen LogP contribution in [0.5, 0.6) is 5.75 Å². The highest BCUT2D eigenvalue weighted by Gasteiger charge is 2.17. The van der Waals surface area contributed by atoms with E-state index >= 15 is 0 Å². The maximum Gasteiger partial charge on any atom is 0.412 e. The van der Waals surface area contributed by atoms with E-state index in [1.54, 1.807) is 0 Å². The zero-order chi connectivity index (χ0) is 16.9. The monoisotopic (exact) mass is 326 g/mol. The molecule has 0 aromatic heterocycles. The molecule has 4 nitrogen and oxygen atoms in total. The van der Waals surface area contributed by atoms with Gasteiger partial charge in [-0.2, -0.15) is 0 Å². The highest BCUT2D eigenvalue weighted by Crippen LogP contribution is 2.26. The van der Waals surface area contributed by atoms with E-state index in [9.17, 15) is 4.79 Å². The maximum atomic E-state index is 11.9. The van der Waals surface area contributed by atoms with Gasteiger partial charge in [0.1, 0.15) is 18.3 Å². The predicted molar refractivity (Wildman–Crippen MR) is 93.1 cm³/mol. The number of rotatable bonds is 6. The fourth-order valence-electron chi connectivity index (χ4n) is 2.19. The van der Waals surface area contributed by atoms with Crippen LogP contribution in [0.3, 0.4) is 0 Å². The van der Waals surface area contributed by atoms with Crippen LogP contribution < -0.4 is 10.1 Å². The van der Waals surface area contributed by atoms with E-state index in [0.717, 1.165) is 11.1 Å². The van der Waals surface area contributed by atoms with Gasteiger partial charge in [-0.05, 0) is 46.2 Å². The first-order chi connectivity index (χ1) is 10.2. The van der Waals surface area contributed by atoms with Crippen molar-refractivity contribution in [3.8, 4) is 5.75 Å². The molecule has 1 aromatic carbocycles. The van der Waals surface area contributed by atoms with Crippen molar-refractivity contribution in [2.24, 2.45) is 0 Å². The van der Waals surface area contributed by atoms with Crippen molar-refractivity contribution < 1.29 is 14.3 Å². The van der Waals surface area contributed by atoms with E-state index in [-0.39, 0.29) is 23.1 Å². The second-order valence-electron chi connectivity index (χ2n) is 5.97. The number of hydrogen-bond acceptors (Lipinski definition) is 3. The van der Waals surface area contributed by atoms with Gasteiger partial charge in [0.05, 0.1) is 12.2 Å². The molecule has 0 aliphatic heterocycles. The first-order valence-corrected chi connectivity index (χ1v) is 9.54. The molecule has 0 aliphatic carbocycles. The van der Waals surface area contributed by atoms with Gasteiger partial charge in [-0.1, -0.05) is 0 Å². The Balaban J connectivity index is 2.63. The third-order valence-electron chi connectivity index (χ3n) is 3.15. The average Bonchev–Trinajstić information content (AvgIpc) is 2.39. The van der Waals surface area contributed by atoms with Crippen LogP contribution in [0.2, 0.25) is 0 Å². The average molecular weight is 326 g/mol. The van der Waals surface area contributed by atoms with Crippen LogP contribution in [-0.2, 0) is 15.6 Å². The van der Waals surface area contributed by atoms with Crippen molar-refractivity contribution in [3.05, 3.63) is 23.3 Å². The van der Waals surface area contributed by atoms with E-state index in [1.165, 1.54) is 4.90 Å². The SMILES string of the molecule is Cc1cc([S+](C)C)c(C)cc1OC(=O)NCC(C)OC(C)C. The Hall–Kier alpha value is -1.20. The summed E-state index contributed by atoms with van der Waals surface area (Å²) in [6, 6.07) is 4.04. The van der Waals surface area contributed by atoms with Crippen molar-refractivity contribution in [3.63, 3.8) is 0 Å². The molecular formula is C17H28NO3S+. The fraction of sp³-hybridized carbons (Fsp3) is 0.588. The minimum absolute atomic E-state index is 0.0418. The molecule has 1 amide bonds. The molecule has 0 fully saturated rings. The smallest absolute Gasteiger partial charge is 0.410 e. The first kappa shape index (κ1) is 18.8. The largest absolute Gasteiger partial charge is 0.412 e. The van der Waals surface area contributed by atoms with Crippen LogP contribution in [-0.4, -0.2) is 37.4 Å². The summed E-state index contributed by atoms with van der Waals surface area (Å²) in [6.45, 7) is 10.3. The maximum absolute atomic E-state index is 11.9. The molecule has 0 heterocycles. The molecule has 0 saturated carbocycles. The van der Waals surface area contributed by atoms with Gasteiger partial charge >= 0.3 is 6.09 Å². The number of nitrogens with one attached hydrogen (secondary N) is 1. The Morgan fingerprint density at radius 1 is 1.18 bits per heavy atom. The van der Waals surface area contributed by atoms with Crippen molar-refractivity contribution in [1.29, 1.82) is 0 Å². The molecule has 124 valence electrons. The lowest BCUT2D eigenvalue weighted by Crippen LogP contribution is -2.35. The summed E-state index contributed by atoms with van der Waals surface area (Å²) in [5.41, 5.74) is 2.13. The molecule has 0 saturated heterocycles. The van der Waals surface area contributed by atoms with Crippen molar-refractivity contribution >= 4 is 17.0 Å². The van der Waals surface area contributed by atoms with Gasteiger partial charge in [0.15, 0.2) is 4.90 Å². The second-order valence-corrected chi connectivity index (χ2v) is 8.04. The minimum Gasteiger partial charge on any atom is -0.410 e. The molecule has 1 atom stereocenters. The van der Waals surface area contributed by atoms with Crippen LogP contribution >= 0.6 is 0 Å². The lowest BCUT2D eigenvalue weighted by Gasteiger charge is -2.17. The Kier molecular flexibility index (Phi) is 7.23. The number of hydrogen-bond donors (Lipinski definition) is 1. The standard InChI is InChI=1S/C17H27NO3S/c1-11(2)20-14(5)10-18-17(19)21-15-8-13(4)16(22(6)7)9-12(15)3/h8-9,11,14H,10H2,1-7H3/p+1. The Morgan fingerprint density at radius 3 is 2.36 bits per heavy atom. The van der Waals surface area contributed by atoms with Crippen molar-refractivity contribution in [2.45, 2.75) is 51.7 Å². The zero-order valence-electron chi connectivity index (χ0n) is 14.6. The lowest BCUT2D eigenvalue weighted by molar-refractivity contribution is 0.0201. The molecule has 1 rings (SSSR count). The van der Waals surface area contributed by atoms with E-state index in [4.69, 9.17) is 9.47 Å².